The predicted molar refractivity (Wildman–Crippen MR) is 73.1 cm³/mol. The lowest BCUT2D eigenvalue weighted by Gasteiger charge is -2.38. The number of hydrogen-bond donors (Lipinski definition) is 1. The number of rotatable bonds is 3. The van der Waals surface area contributed by atoms with E-state index in [1.165, 1.54) is 51.1 Å². The van der Waals surface area contributed by atoms with E-state index < -0.39 is 0 Å². The van der Waals surface area contributed by atoms with Crippen LogP contribution in [0.3, 0.4) is 0 Å². The molecule has 0 spiro atoms. The van der Waals surface area contributed by atoms with Crippen LogP contribution in [0.2, 0.25) is 0 Å². The summed E-state index contributed by atoms with van der Waals surface area (Å²) in [6.07, 6.45) is 5.68. The van der Waals surface area contributed by atoms with Gasteiger partial charge < -0.3 is 4.90 Å². The van der Waals surface area contributed by atoms with Crippen LogP contribution >= 0.6 is 24.4 Å². The molecule has 1 aliphatic carbocycles. The first-order valence-corrected chi connectivity index (χ1v) is 7.87. The molecule has 1 unspecified atom stereocenters. The van der Waals surface area contributed by atoms with Crippen molar-refractivity contribution in [2.75, 3.05) is 31.1 Å². The molecular weight excluding hydrogens is 222 g/mol. The minimum atomic E-state index is 0.560. The molecule has 2 rings (SSSR count). The molecule has 15 heavy (non-hydrogen) atoms. The van der Waals surface area contributed by atoms with Crippen molar-refractivity contribution in [1.82, 2.24) is 4.90 Å². The van der Waals surface area contributed by atoms with Gasteiger partial charge in [0, 0.05) is 30.6 Å². The van der Waals surface area contributed by atoms with E-state index in [2.05, 4.69) is 36.2 Å². The van der Waals surface area contributed by atoms with Gasteiger partial charge >= 0.3 is 0 Å². The molecule has 0 amide bonds. The summed E-state index contributed by atoms with van der Waals surface area (Å²) >= 11 is 6.72. The molecule has 0 aromatic rings. The Morgan fingerprint density at radius 3 is 2.73 bits per heavy atom. The molecule has 1 saturated heterocycles. The highest BCUT2D eigenvalue weighted by Gasteiger charge is 2.35. The van der Waals surface area contributed by atoms with Crippen LogP contribution in [-0.4, -0.2) is 41.3 Å². The monoisotopic (exact) mass is 245 g/mol. The van der Waals surface area contributed by atoms with Crippen LogP contribution in [0.25, 0.3) is 0 Å². The molecule has 2 aliphatic rings. The van der Waals surface area contributed by atoms with E-state index in [1.54, 1.807) is 0 Å². The number of thioether (sulfide) groups is 1. The second-order valence-electron chi connectivity index (χ2n) is 5.28. The normalized spacial score (nSPS) is 32.0. The predicted octanol–water partition coefficient (Wildman–Crippen LogP) is 2.91. The zero-order valence-corrected chi connectivity index (χ0v) is 11.5. The van der Waals surface area contributed by atoms with Crippen LogP contribution in [-0.2, 0) is 0 Å². The molecule has 1 saturated carbocycles. The van der Waals surface area contributed by atoms with Gasteiger partial charge in [-0.15, -0.1) is 0 Å². The summed E-state index contributed by atoms with van der Waals surface area (Å²) in [4.78, 5) is 2.68. The molecule has 0 bridgehead atoms. The number of hydrogen-bond acceptors (Lipinski definition) is 3. The van der Waals surface area contributed by atoms with Gasteiger partial charge in [-0.2, -0.15) is 24.4 Å². The quantitative estimate of drug-likeness (QED) is 0.762. The highest BCUT2D eigenvalue weighted by atomic mass is 32.2. The Kier molecular flexibility index (Phi) is 4.31. The maximum Gasteiger partial charge on any atom is 0.0147 e. The Morgan fingerprint density at radius 2 is 2.13 bits per heavy atom. The van der Waals surface area contributed by atoms with Gasteiger partial charge in [0.1, 0.15) is 0 Å². The van der Waals surface area contributed by atoms with Crippen molar-refractivity contribution < 1.29 is 0 Å². The van der Waals surface area contributed by atoms with E-state index in [9.17, 15) is 0 Å². The summed E-state index contributed by atoms with van der Waals surface area (Å²) < 4.78 is 0. The summed E-state index contributed by atoms with van der Waals surface area (Å²) in [5.41, 5.74) is 0.560. The van der Waals surface area contributed by atoms with Crippen molar-refractivity contribution in [2.24, 2.45) is 5.41 Å². The Labute approximate surface area is 104 Å². The SMILES string of the molecule is CC1CN(CC2(CS)CCCC2)CCS1. The largest absolute Gasteiger partial charge is 0.301 e. The van der Waals surface area contributed by atoms with Gasteiger partial charge in [-0.3, -0.25) is 0 Å². The fourth-order valence-electron chi connectivity index (χ4n) is 3.00. The molecule has 3 heteroatoms. The minimum absolute atomic E-state index is 0.560. The maximum absolute atomic E-state index is 4.59. The lowest BCUT2D eigenvalue weighted by Crippen LogP contribution is -2.43. The van der Waals surface area contributed by atoms with Crippen molar-refractivity contribution in [3.05, 3.63) is 0 Å². The maximum atomic E-state index is 4.59. The second-order valence-corrected chi connectivity index (χ2v) is 7.14. The van der Waals surface area contributed by atoms with Gasteiger partial charge in [0.05, 0.1) is 0 Å². The lowest BCUT2D eigenvalue weighted by atomic mass is 9.88. The molecular formula is C12H23NS2. The zero-order valence-electron chi connectivity index (χ0n) is 9.74. The molecule has 0 aromatic heterocycles. The second kappa shape index (κ2) is 5.33. The molecule has 1 aliphatic heterocycles. The van der Waals surface area contributed by atoms with E-state index in [0.29, 0.717) is 5.41 Å². The highest BCUT2D eigenvalue weighted by molar-refractivity contribution is 7.99. The standard InChI is InChI=1S/C12H23NS2/c1-11-8-13(6-7-15-11)9-12(10-14)4-2-3-5-12/h11,14H,2-10H2,1H3. The average Bonchev–Trinajstić information content (AvgIpc) is 2.67. The topological polar surface area (TPSA) is 3.24 Å². The smallest absolute Gasteiger partial charge is 0.0147 e. The first-order valence-electron chi connectivity index (χ1n) is 6.19. The van der Waals surface area contributed by atoms with Crippen molar-refractivity contribution in [3.63, 3.8) is 0 Å². The first-order chi connectivity index (χ1) is 7.24. The highest BCUT2D eigenvalue weighted by Crippen LogP contribution is 2.40. The van der Waals surface area contributed by atoms with Gasteiger partial charge in [0.15, 0.2) is 0 Å². The van der Waals surface area contributed by atoms with Gasteiger partial charge in [-0.05, 0) is 24.0 Å². The Balaban J connectivity index is 1.88. The number of nitrogens with zero attached hydrogens (tertiary/aromatic N) is 1. The van der Waals surface area contributed by atoms with E-state index in [4.69, 9.17) is 0 Å². The zero-order chi connectivity index (χ0) is 10.7. The third-order valence-electron chi connectivity index (χ3n) is 3.88. The summed E-state index contributed by atoms with van der Waals surface area (Å²) in [6, 6.07) is 0. The van der Waals surface area contributed by atoms with Crippen molar-refractivity contribution in [2.45, 2.75) is 37.9 Å². The fraction of sp³-hybridized carbons (Fsp3) is 1.00. The fourth-order valence-corrected chi connectivity index (χ4v) is 4.50. The van der Waals surface area contributed by atoms with E-state index in [-0.39, 0.29) is 0 Å². The van der Waals surface area contributed by atoms with Crippen molar-refractivity contribution in [3.8, 4) is 0 Å². The Morgan fingerprint density at radius 1 is 1.40 bits per heavy atom. The third kappa shape index (κ3) is 3.07. The molecule has 0 aromatic carbocycles. The van der Waals surface area contributed by atoms with Gasteiger partial charge in [0.2, 0.25) is 0 Å². The molecule has 1 heterocycles. The van der Waals surface area contributed by atoms with Crippen molar-refractivity contribution in [1.29, 1.82) is 0 Å². The van der Waals surface area contributed by atoms with E-state index in [1.807, 2.05) is 0 Å². The summed E-state index contributed by atoms with van der Waals surface area (Å²) in [5.74, 6) is 2.41. The molecule has 0 radical (unpaired) electrons. The van der Waals surface area contributed by atoms with Crippen molar-refractivity contribution >= 4 is 24.4 Å². The van der Waals surface area contributed by atoms with Crippen LogP contribution in [0.4, 0.5) is 0 Å². The van der Waals surface area contributed by atoms with Crippen LogP contribution in [0, 0.1) is 5.41 Å². The van der Waals surface area contributed by atoms with Crippen LogP contribution in [0.1, 0.15) is 32.6 Å². The molecule has 88 valence electrons. The van der Waals surface area contributed by atoms with Crippen LogP contribution < -0.4 is 0 Å². The summed E-state index contributed by atoms with van der Waals surface area (Å²) in [6.45, 7) is 6.25. The van der Waals surface area contributed by atoms with Crippen LogP contribution in [0.15, 0.2) is 0 Å². The van der Waals surface area contributed by atoms with Gasteiger partial charge in [-0.25, -0.2) is 0 Å². The van der Waals surface area contributed by atoms with E-state index in [0.717, 1.165) is 11.0 Å². The van der Waals surface area contributed by atoms with Crippen LogP contribution in [0.5, 0.6) is 0 Å². The average molecular weight is 245 g/mol. The lowest BCUT2D eigenvalue weighted by molar-refractivity contribution is 0.177. The molecule has 1 atom stereocenters. The number of thiol groups is 1. The van der Waals surface area contributed by atoms with Gasteiger partial charge in [-0.1, -0.05) is 19.8 Å². The molecule has 1 nitrogen and oxygen atoms in total. The summed E-state index contributed by atoms with van der Waals surface area (Å²) in [5, 5.41) is 0.831. The Bertz CT molecular complexity index is 202. The van der Waals surface area contributed by atoms with Gasteiger partial charge in [0.25, 0.3) is 0 Å². The first kappa shape index (κ1) is 12.1. The van der Waals surface area contributed by atoms with E-state index >= 15 is 0 Å². The minimum Gasteiger partial charge on any atom is -0.301 e. The molecule has 2 fully saturated rings. The third-order valence-corrected chi connectivity index (χ3v) is 5.69. The summed E-state index contributed by atoms with van der Waals surface area (Å²) in [7, 11) is 0. The Hall–Kier alpha value is 0.660. The molecule has 0 N–H and O–H groups in total.